The molecule has 34 heavy (non-hydrogen) atoms. The van der Waals surface area contributed by atoms with Crippen molar-refractivity contribution in [2.75, 3.05) is 38.2 Å². The first-order chi connectivity index (χ1) is 16.3. The van der Waals surface area contributed by atoms with Crippen LogP contribution < -0.4 is 4.90 Å². The van der Waals surface area contributed by atoms with Crippen molar-refractivity contribution in [3.8, 4) is 0 Å². The summed E-state index contributed by atoms with van der Waals surface area (Å²) < 4.78 is 4.91. The fraction of sp³-hybridized carbons (Fsp3) is 0.483. The lowest BCUT2D eigenvalue weighted by atomic mass is 9.72. The van der Waals surface area contributed by atoms with Crippen LogP contribution in [0.5, 0.6) is 0 Å². The van der Waals surface area contributed by atoms with Gasteiger partial charge >= 0.3 is 5.97 Å². The fourth-order valence-electron chi connectivity index (χ4n) is 6.09. The van der Waals surface area contributed by atoms with E-state index < -0.39 is 0 Å². The van der Waals surface area contributed by atoms with E-state index in [4.69, 9.17) is 16.3 Å². The van der Waals surface area contributed by atoms with Crippen LogP contribution in [0.1, 0.15) is 61.0 Å². The monoisotopic (exact) mass is 478 g/mol. The number of halogens is 1. The smallest absolute Gasteiger partial charge is 0.337 e. The molecule has 0 amide bonds. The molecule has 3 aliphatic rings. The Kier molecular flexibility index (Phi) is 6.47. The van der Waals surface area contributed by atoms with Crippen LogP contribution >= 0.6 is 11.6 Å². The van der Waals surface area contributed by atoms with Crippen molar-refractivity contribution in [2.24, 2.45) is 5.41 Å². The Labute approximate surface area is 208 Å². The molecule has 2 aliphatic heterocycles. The van der Waals surface area contributed by atoms with Gasteiger partial charge in [0.2, 0.25) is 0 Å². The van der Waals surface area contributed by atoms with Gasteiger partial charge in [0.25, 0.3) is 0 Å². The number of piperazine rings is 1. The van der Waals surface area contributed by atoms with Gasteiger partial charge < -0.3 is 9.64 Å². The number of methoxy groups -OCH3 is 1. The summed E-state index contributed by atoms with van der Waals surface area (Å²) in [5.74, 6) is -0.255. The molecule has 5 rings (SSSR count). The average Bonchev–Trinajstić information content (AvgIpc) is 2.83. The normalized spacial score (nSPS) is 22.2. The summed E-state index contributed by atoms with van der Waals surface area (Å²) in [6, 6.07) is 15.0. The highest BCUT2D eigenvalue weighted by atomic mass is 35.5. The second kappa shape index (κ2) is 9.39. The molecular weight excluding hydrogens is 444 g/mol. The van der Waals surface area contributed by atoms with Crippen molar-refractivity contribution in [2.45, 2.75) is 52.0 Å². The zero-order valence-corrected chi connectivity index (χ0v) is 21.3. The number of hydrogen-bond donors (Lipinski definition) is 0. The number of esters is 1. The average molecular weight is 479 g/mol. The van der Waals surface area contributed by atoms with E-state index >= 15 is 0 Å². The first-order valence-corrected chi connectivity index (χ1v) is 12.9. The molecule has 0 aromatic heterocycles. The molecule has 2 heterocycles. The van der Waals surface area contributed by atoms with E-state index in [-0.39, 0.29) is 5.97 Å². The molecular formula is C29H35ClN2O2. The molecule has 1 fully saturated rings. The Morgan fingerprint density at radius 1 is 1.12 bits per heavy atom. The van der Waals surface area contributed by atoms with Gasteiger partial charge in [-0.15, -0.1) is 0 Å². The van der Waals surface area contributed by atoms with Crippen LogP contribution in [0.4, 0.5) is 5.69 Å². The highest BCUT2D eigenvalue weighted by Crippen LogP contribution is 2.43. The number of carbonyl (C=O) groups excluding carboxylic acids is 1. The second-order valence-corrected chi connectivity index (χ2v) is 11.3. The number of benzene rings is 2. The zero-order valence-electron chi connectivity index (χ0n) is 20.6. The highest BCUT2D eigenvalue weighted by molar-refractivity contribution is 6.30. The molecule has 0 bridgehead atoms. The van der Waals surface area contributed by atoms with Crippen LogP contribution in [-0.4, -0.2) is 50.2 Å². The Morgan fingerprint density at radius 3 is 2.68 bits per heavy atom. The first kappa shape index (κ1) is 23.4. The van der Waals surface area contributed by atoms with Gasteiger partial charge in [-0.05, 0) is 84.6 Å². The number of hydrogen-bond acceptors (Lipinski definition) is 4. The second-order valence-electron chi connectivity index (χ2n) is 10.9. The SMILES string of the molecule is COC(=O)c1ccc2c(c1)CC[C@@H]1CN(CC3=C(c4ccc(Cl)cc4)CCC(C)(C)C3)CCN21. The summed E-state index contributed by atoms with van der Waals surface area (Å²) in [4.78, 5) is 17.2. The first-order valence-electron chi connectivity index (χ1n) is 12.5. The van der Waals surface area contributed by atoms with Gasteiger partial charge in [-0.3, -0.25) is 4.90 Å². The summed E-state index contributed by atoms with van der Waals surface area (Å²) in [6.45, 7) is 9.05. The number of nitrogens with zero attached hydrogens (tertiary/aromatic N) is 2. The highest BCUT2D eigenvalue weighted by Gasteiger charge is 2.34. The van der Waals surface area contributed by atoms with Crippen molar-refractivity contribution in [3.05, 3.63) is 69.8 Å². The molecule has 2 aromatic carbocycles. The van der Waals surface area contributed by atoms with E-state index in [9.17, 15) is 4.79 Å². The topological polar surface area (TPSA) is 32.8 Å². The largest absolute Gasteiger partial charge is 0.465 e. The standard InChI is InChI=1S/C29H35ClN2O2/c1-29(2)13-12-26(20-4-8-24(30)9-5-20)23(17-29)18-31-14-15-32-25(19-31)10-6-21-16-22(28(33)34-3)7-11-27(21)32/h4-5,7-9,11,16,25H,6,10,12-15,17-19H2,1-3H3/t25-/m1/s1. The molecule has 0 radical (unpaired) electrons. The van der Waals surface area contributed by atoms with Gasteiger partial charge in [0.15, 0.2) is 0 Å². The van der Waals surface area contributed by atoms with Crippen molar-refractivity contribution < 1.29 is 9.53 Å². The van der Waals surface area contributed by atoms with Gasteiger partial charge in [-0.2, -0.15) is 0 Å². The van der Waals surface area contributed by atoms with Gasteiger partial charge in [0.1, 0.15) is 0 Å². The van der Waals surface area contributed by atoms with E-state index in [2.05, 4.69) is 41.8 Å². The molecule has 2 aromatic rings. The van der Waals surface area contributed by atoms with Gasteiger partial charge in [0, 0.05) is 42.9 Å². The Bertz CT molecular complexity index is 1110. The van der Waals surface area contributed by atoms with E-state index in [1.807, 2.05) is 24.3 Å². The predicted molar refractivity (Wildman–Crippen MR) is 140 cm³/mol. The third-order valence-corrected chi connectivity index (χ3v) is 8.15. The lowest BCUT2D eigenvalue weighted by Crippen LogP contribution is -2.55. The quantitative estimate of drug-likeness (QED) is 0.488. The predicted octanol–water partition coefficient (Wildman–Crippen LogP) is 6.23. The van der Waals surface area contributed by atoms with E-state index in [1.165, 1.54) is 35.9 Å². The van der Waals surface area contributed by atoms with Crippen molar-refractivity contribution in [1.82, 2.24) is 4.90 Å². The molecule has 1 atom stereocenters. The maximum Gasteiger partial charge on any atom is 0.337 e. The summed E-state index contributed by atoms with van der Waals surface area (Å²) >= 11 is 6.17. The summed E-state index contributed by atoms with van der Waals surface area (Å²) in [6.07, 6.45) is 5.68. The maximum atomic E-state index is 12.0. The van der Waals surface area contributed by atoms with Gasteiger partial charge in [-0.25, -0.2) is 4.79 Å². The molecule has 5 heteroatoms. The van der Waals surface area contributed by atoms with Crippen LogP contribution in [-0.2, 0) is 11.2 Å². The number of anilines is 1. The minimum Gasteiger partial charge on any atom is -0.465 e. The Morgan fingerprint density at radius 2 is 1.91 bits per heavy atom. The molecule has 1 aliphatic carbocycles. The van der Waals surface area contributed by atoms with Gasteiger partial charge in [0.05, 0.1) is 12.7 Å². The van der Waals surface area contributed by atoms with Crippen LogP contribution in [0.15, 0.2) is 48.0 Å². The van der Waals surface area contributed by atoms with Crippen molar-refractivity contribution in [3.63, 3.8) is 0 Å². The molecule has 0 saturated carbocycles. The summed E-state index contributed by atoms with van der Waals surface area (Å²) in [5, 5.41) is 0.800. The minimum atomic E-state index is -0.255. The van der Waals surface area contributed by atoms with E-state index in [0.717, 1.165) is 56.9 Å². The van der Waals surface area contributed by atoms with Crippen molar-refractivity contribution in [1.29, 1.82) is 0 Å². The Balaban J connectivity index is 1.34. The summed E-state index contributed by atoms with van der Waals surface area (Å²) in [7, 11) is 1.44. The number of ether oxygens (including phenoxy) is 1. The third-order valence-electron chi connectivity index (χ3n) is 7.90. The van der Waals surface area contributed by atoms with E-state index in [1.54, 1.807) is 5.57 Å². The Hall–Kier alpha value is -2.30. The van der Waals surface area contributed by atoms with Crippen LogP contribution in [0.3, 0.4) is 0 Å². The molecule has 1 saturated heterocycles. The minimum absolute atomic E-state index is 0.255. The van der Waals surface area contributed by atoms with Crippen LogP contribution in [0.25, 0.3) is 5.57 Å². The number of allylic oxidation sites excluding steroid dienone is 1. The molecule has 0 spiro atoms. The molecule has 0 N–H and O–H groups in total. The molecule has 0 unspecified atom stereocenters. The number of carbonyl (C=O) groups is 1. The number of rotatable bonds is 4. The lowest BCUT2D eigenvalue weighted by Gasteiger charge is -2.47. The number of aryl methyl sites for hydroxylation is 1. The lowest BCUT2D eigenvalue weighted by molar-refractivity contribution is 0.0600. The molecule has 180 valence electrons. The molecule has 4 nitrogen and oxygen atoms in total. The van der Waals surface area contributed by atoms with Gasteiger partial charge in [-0.1, -0.05) is 43.2 Å². The third kappa shape index (κ3) is 4.76. The van der Waals surface area contributed by atoms with Crippen LogP contribution in [0, 0.1) is 5.41 Å². The fourth-order valence-corrected chi connectivity index (χ4v) is 6.22. The van der Waals surface area contributed by atoms with E-state index in [0.29, 0.717) is 17.0 Å². The number of fused-ring (bicyclic) bond motifs is 3. The zero-order chi connectivity index (χ0) is 23.9. The van der Waals surface area contributed by atoms with Crippen molar-refractivity contribution >= 4 is 28.8 Å². The van der Waals surface area contributed by atoms with Crippen LogP contribution in [0.2, 0.25) is 5.02 Å². The summed E-state index contributed by atoms with van der Waals surface area (Å²) in [5.41, 5.74) is 8.04. The maximum absolute atomic E-state index is 12.0.